The fourth-order valence-electron chi connectivity index (χ4n) is 8.01. The Morgan fingerprint density at radius 2 is 0.548 bits per heavy atom. The van der Waals surface area contributed by atoms with Crippen molar-refractivity contribution in [2.24, 2.45) is 0 Å². The normalized spacial score (nSPS) is 12.1. The molecule has 0 radical (unpaired) electrons. The molecule has 0 aromatic heterocycles. The number of hydrogen-bond donors (Lipinski definition) is 0. The van der Waals surface area contributed by atoms with E-state index in [1.807, 2.05) is 0 Å². The minimum absolute atomic E-state index is 0.0703. The smallest absolute Gasteiger partial charge is 0.306 e. The monoisotopic (exact) mass is 873 g/mol. The summed E-state index contributed by atoms with van der Waals surface area (Å²) in [7, 11) is 0. The van der Waals surface area contributed by atoms with Gasteiger partial charge in [0.2, 0.25) is 0 Å². The average Bonchev–Trinajstić information content (AvgIpc) is 3.27. The summed E-state index contributed by atoms with van der Waals surface area (Å²) in [6.45, 7) is 6.62. The maximum Gasteiger partial charge on any atom is 0.306 e. The average molecular weight is 873 g/mol. The number of ether oxygens (including phenoxy) is 3. The van der Waals surface area contributed by atoms with Crippen LogP contribution < -0.4 is 0 Å². The van der Waals surface area contributed by atoms with E-state index in [1.165, 1.54) is 193 Å². The van der Waals surface area contributed by atoms with Crippen molar-refractivity contribution in [3.05, 3.63) is 24.3 Å². The molecule has 364 valence electrons. The first-order valence-electron chi connectivity index (χ1n) is 27.3. The third-order valence-corrected chi connectivity index (χ3v) is 12.2. The number of carbonyl (C=O) groups excluding carboxylic acids is 3. The molecule has 0 aliphatic heterocycles. The van der Waals surface area contributed by atoms with Gasteiger partial charge in [0.15, 0.2) is 6.10 Å². The number of rotatable bonds is 50. The van der Waals surface area contributed by atoms with Crippen LogP contribution in [-0.4, -0.2) is 37.2 Å². The van der Waals surface area contributed by atoms with Crippen molar-refractivity contribution >= 4 is 17.9 Å². The molecule has 62 heavy (non-hydrogen) atoms. The molecule has 0 spiro atoms. The highest BCUT2D eigenvalue weighted by molar-refractivity contribution is 5.71. The van der Waals surface area contributed by atoms with Crippen LogP contribution in [0.5, 0.6) is 0 Å². The standard InChI is InChI=1S/C56H104O6/c1-4-7-10-13-16-19-22-24-25-26-27-28-29-30-31-32-35-37-40-43-46-49-55(58)61-52-53(51-60-54(57)48-45-42-39-36-33-21-18-15-12-9-6-3)62-56(59)50-47-44-41-38-34-23-20-17-14-11-8-5-2/h15,18,24-25,53H,4-14,16-17,19-23,26-52H2,1-3H3/b18-15-,25-24-/t53-/m0/s1. The second-order valence-corrected chi connectivity index (χ2v) is 18.5. The minimum atomic E-state index is -0.769. The topological polar surface area (TPSA) is 78.9 Å². The molecular weight excluding hydrogens is 769 g/mol. The molecule has 0 saturated heterocycles. The van der Waals surface area contributed by atoms with Crippen molar-refractivity contribution in [2.75, 3.05) is 13.2 Å². The van der Waals surface area contributed by atoms with E-state index in [0.717, 1.165) is 64.2 Å². The molecule has 0 rings (SSSR count). The number of esters is 3. The highest BCUT2D eigenvalue weighted by Crippen LogP contribution is 2.16. The molecule has 0 fully saturated rings. The Hall–Kier alpha value is -2.11. The summed E-state index contributed by atoms with van der Waals surface area (Å²) in [4.78, 5) is 37.9. The molecule has 0 amide bonds. The zero-order valence-electron chi connectivity index (χ0n) is 41.7. The van der Waals surface area contributed by atoms with Crippen molar-refractivity contribution in [1.29, 1.82) is 0 Å². The largest absolute Gasteiger partial charge is 0.462 e. The predicted octanol–water partition coefficient (Wildman–Crippen LogP) is 17.9. The van der Waals surface area contributed by atoms with Crippen LogP contribution >= 0.6 is 0 Å². The van der Waals surface area contributed by atoms with E-state index >= 15 is 0 Å². The minimum Gasteiger partial charge on any atom is -0.462 e. The fraction of sp³-hybridized carbons (Fsp3) is 0.875. The van der Waals surface area contributed by atoms with Crippen LogP contribution in [0.2, 0.25) is 0 Å². The van der Waals surface area contributed by atoms with Gasteiger partial charge < -0.3 is 14.2 Å². The molecule has 0 heterocycles. The molecule has 0 aromatic carbocycles. The number of unbranched alkanes of at least 4 members (excludes halogenated alkanes) is 35. The highest BCUT2D eigenvalue weighted by Gasteiger charge is 2.19. The lowest BCUT2D eigenvalue weighted by Crippen LogP contribution is -2.30. The molecule has 0 aliphatic rings. The molecule has 0 N–H and O–H groups in total. The van der Waals surface area contributed by atoms with Gasteiger partial charge in [-0.25, -0.2) is 0 Å². The van der Waals surface area contributed by atoms with E-state index in [2.05, 4.69) is 45.1 Å². The molecule has 1 atom stereocenters. The van der Waals surface area contributed by atoms with Gasteiger partial charge in [-0.3, -0.25) is 14.4 Å². The van der Waals surface area contributed by atoms with Crippen molar-refractivity contribution in [3.63, 3.8) is 0 Å². The van der Waals surface area contributed by atoms with E-state index in [-0.39, 0.29) is 31.1 Å². The second-order valence-electron chi connectivity index (χ2n) is 18.5. The summed E-state index contributed by atoms with van der Waals surface area (Å²) in [5.41, 5.74) is 0. The summed E-state index contributed by atoms with van der Waals surface area (Å²) in [6.07, 6.45) is 58.8. The lowest BCUT2D eigenvalue weighted by Gasteiger charge is -2.18. The molecule has 0 unspecified atom stereocenters. The molecule has 0 aromatic rings. The first kappa shape index (κ1) is 59.9. The van der Waals surface area contributed by atoms with Gasteiger partial charge in [-0.15, -0.1) is 0 Å². The van der Waals surface area contributed by atoms with Gasteiger partial charge >= 0.3 is 17.9 Å². The van der Waals surface area contributed by atoms with Crippen LogP contribution in [0.4, 0.5) is 0 Å². The number of carbonyl (C=O) groups is 3. The first-order valence-corrected chi connectivity index (χ1v) is 27.3. The lowest BCUT2D eigenvalue weighted by atomic mass is 10.0. The SMILES string of the molecule is CCCC/C=C\CCCCCCCC(=O)OC[C@@H](COC(=O)CCCCCCCCCCCCC/C=C\CCCCCCCC)OC(=O)CCCCCCCCCCCCCC. The zero-order chi connectivity index (χ0) is 45.1. The Morgan fingerprint density at radius 1 is 0.306 bits per heavy atom. The predicted molar refractivity (Wildman–Crippen MR) is 266 cm³/mol. The molecule has 0 aliphatic carbocycles. The Morgan fingerprint density at radius 3 is 0.855 bits per heavy atom. The highest BCUT2D eigenvalue weighted by atomic mass is 16.6. The fourth-order valence-corrected chi connectivity index (χ4v) is 8.01. The van der Waals surface area contributed by atoms with Crippen LogP contribution in [0.15, 0.2) is 24.3 Å². The Balaban J connectivity index is 4.23. The molecule has 0 saturated carbocycles. The Labute approximate surface area is 385 Å². The van der Waals surface area contributed by atoms with Crippen LogP contribution in [0.25, 0.3) is 0 Å². The van der Waals surface area contributed by atoms with Gasteiger partial charge in [0.25, 0.3) is 0 Å². The lowest BCUT2D eigenvalue weighted by molar-refractivity contribution is -0.167. The number of hydrogen-bond acceptors (Lipinski definition) is 6. The summed E-state index contributed by atoms with van der Waals surface area (Å²) in [6, 6.07) is 0. The van der Waals surface area contributed by atoms with Crippen molar-refractivity contribution in [2.45, 2.75) is 303 Å². The van der Waals surface area contributed by atoms with Gasteiger partial charge in [-0.1, -0.05) is 238 Å². The summed E-state index contributed by atoms with van der Waals surface area (Å²) in [5, 5.41) is 0. The maximum atomic E-state index is 12.8. The van der Waals surface area contributed by atoms with Crippen molar-refractivity contribution < 1.29 is 28.6 Å². The van der Waals surface area contributed by atoms with Crippen molar-refractivity contribution in [1.82, 2.24) is 0 Å². The first-order chi connectivity index (χ1) is 30.5. The van der Waals surface area contributed by atoms with Crippen molar-refractivity contribution in [3.8, 4) is 0 Å². The van der Waals surface area contributed by atoms with Gasteiger partial charge in [0.1, 0.15) is 13.2 Å². The number of allylic oxidation sites excluding steroid dienone is 4. The van der Waals surface area contributed by atoms with Crippen LogP contribution in [0.3, 0.4) is 0 Å². The maximum absolute atomic E-state index is 12.8. The van der Waals surface area contributed by atoms with Gasteiger partial charge in [-0.2, -0.15) is 0 Å². The van der Waals surface area contributed by atoms with Gasteiger partial charge in [0, 0.05) is 19.3 Å². The van der Waals surface area contributed by atoms with E-state index in [9.17, 15) is 14.4 Å². The second kappa shape index (κ2) is 51.5. The Kier molecular flexibility index (Phi) is 49.8. The summed E-state index contributed by atoms with van der Waals surface area (Å²) < 4.78 is 16.8. The van der Waals surface area contributed by atoms with Gasteiger partial charge in [-0.05, 0) is 64.2 Å². The van der Waals surface area contributed by atoms with E-state index in [4.69, 9.17) is 14.2 Å². The van der Waals surface area contributed by atoms with Crippen LogP contribution in [0.1, 0.15) is 297 Å². The molecule has 6 heteroatoms. The molecule has 6 nitrogen and oxygen atoms in total. The van der Waals surface area contributed by atoms with E-state index in [1.54, 1.807) is 0 Å². The van der Waals surface area contributed by atoms with Crippen LogP contribution in [-0.2, 0) is 28.6 Å². The molecule has 0 bridgehead atoms. The summed E-state index contributed by atoms with van der Waals surface area (Å²) in [5.74, 6) is -0.867. The Bertz CT molecular complexity index is 1000. The van der Waals surface area contributed by atoms with E-state index in [0.29, 0.717) is 19.3 Å². The third-order valence-electron chi connectivity index (χ3n) is 12.2. The van der Waals surface area contributed by atoms with E-state index < -0.39 is 6.10 Å². The quantitative estimate of drug-likeness (QED) is 0.0262. The zero-order valence-corrected chi connectivity index (χ0v) is 41.7. The molecular formula is C56H104O6. The van der Waals surface area contributed by atoms with Gasteiger partial charge in [0.05, 0.1) is 0 Å². The van der Waals surface area contributed by atoms with Crippen LogP contribution in [0, 0.1) is 0 Å². The summed E-state index contributed by atoms with van der Waals surface area (Å²) >= 11 is 0. The third kappa shape index (κ3) is 48.9.